The van der Waals surface area contributed by atoms with E-state index in [0.717, 1.165) is 24.2 Å². The second-order valence-corrected chi connectivity index (χ2v) is 7.79. The molecule has 3 aromatic rings. The van der Waals surface area contributed by atoms with Crippen molar-refractivity contribution in [2.75, 3.05) is 6.61 Å². The van der Waals surface area contributed by atoms with Crippen molar-refractivity contribution in [2.45, 2.75) is 25.7 Å². The quantitative estimate of drug-likeness (QED) is 0.288. The number of esters is 1. The summed E-state index contributed by atoms with van der Waals surface area (Å²) in [6, 6.07) is 19.7. The van der Waals surface area contributed by atoms with E-state index in [1.54, 1.807) is 18.2 Å². The van der Waals surface area contributed by atoms with Crippen LogP contribution in [0.2, 0.25) is 0 Å². The first-order chi connectivity index (χ1) is 16.5. The third-order valence-electron chi connectivity index (χ3n) is 5.46. The molecular weight excluding hydrogens is 435 g/mol. The molecule has 0 fully saturated rings. The zero-order chi connectivity index (χ0) is 24.1. The number of ether oxygens (including phenoxy) is 3. The summed E-state index contributed by atoms with van der Waals surface area (Å²) in [7, 11) is 0. The average molecular weight is 458 g/mol. The van der Waals surface area contributed by atoms with Gasteiger partial charge in [-0.15, -0.1) is 0 Å². The molecule has 0 aromatic heterocycles. The molecule has 3 aromatic carbocycles. The van der Waals surface area contributed by atoms with E-state index in [4.69, 9.17) is 19.9 Å². The summed E-state index contributed by atoms with van der Waals surface area (Å²) in [6.07, 6.45) is 2.02. The number of allylic oxidation sites excluding steroid dienone is 1. The lowest BCUT2D eigenvalue weighted by molar-refractivity contribution is 0.0734. The number of nitrogens with zero attached hydrogens (tertiary/aromatic N) is 1. The van der Waals surface area contributed by atoms with Crippen LogP contribution in [-0.2, 0) is 0 Å². The van der Waals surface area contributed by atoms with Gasteiger partial charge in [-0.1, -0.05) is 31.5 Å². The Labute approximate surface area is 197 Å². The molecule has 2 N–H and O–H groups in total. The number of rotatable bonds is 7. The predicted molar refractivity (Wildman–Crippen MR) is 124 cm³/mol. The first-order valence-electron chi connectivity index (χ1n) is 10.9. The fraction of sp³-hybridized carbons (Fsp3) is 0.185. The Morgan fingerprint density at radius 1 is 1.09 bits per heavy atom. The van der Waals surface area contributed by atoms with E-state index < -0.39 is 17.7 Å². The van der Waals surface area contributed by atoms with Gasteiger partial charge in [0.25, 0.3) is 0 Å². The molecule has 0 saturated carbocycles. The van der Waals surface area contributed by atoms with Gasteiger partial charge in [-0.3, -0.25) is 0 Å². The number of benzene rings is 3. The minimum atomic E-state index is -0.632. The Balaban J connectivity index is 1.60. The second-order valence-electron chi connectivity index (χ2n) is 7.79. The number of carbonyl (C=O) groups is 1. The number of hydrogen-bond acceptors (Lipinski definition) is 6. The normalized spacial score (nSPS) is 14.6. The van der Waals surface area contributed by atoms with Crippen LogP contribution in [0.25, 0.3) is 0 Å². The van der Waals surface area contributed by atoms with E-state index in [2.05, 4.69) is 13.0 Å². The first-order valence-corrected chi connectivity index (χ1v) is 10.9. The van der Waals surface area contributed by atoms with Gasteiger partial charge in [-0.05, 0) is 54.4 Å². The number of halogens is 1. The average Bonchev–Trinajstić information content (AvgIpc) is 2.84. The molecule has 172 valence electrons. The highest BCUT2D eigenvalue weighted by Gasteiger charge is 2.31. The van der Waals surface area contributed by atoms with Crippen LogP contribution in [-0.4, -0.2) is 12.6 Å². The van der Waals surface area contributed by atoms with Crippen LogP contribution < -0.4 is 19.9 Å². The number of hydrogen-bond donors (Lipinski definition) is 1. The zero-order valence-corrected chi connectivity index (χ0v) is 18.6. The molecule has 0 aliphatic carbocycles. The van der Waals surface area contributed by atoms with Crippen LogP contribution >= 0.6 is 0 Å². The summed E-state index contributed by atoms with van der Waals surface area (Å²) in [5.74, 6) is -0.157. The lowest BCUT2D eigenvalue weighted by Crippen LogP contribution is -2.21. The van der Waals surface area contributed by atoms with Gasteiger partial charge in [-0.2, -0.15) is 5.26 Å². The highest BCUT2D eigenvalue weighted by molar-refractivity contribution is 5.91. The van der Waals surface area contributed by atoms with Crippen molar-refractivity contribution in [3.8, 4) is 23.3 Å². The van der Waals surface area contributed by atoms with Crippen molar-refractivity contribution in [2.24, 2.45) is 5.73 Å². The standard InChI is InChI=1S/C27H23FN2O4/c1-2-3-14-32-20-10-6-17(7-11-20)25-22-13-12-21(15-24(22)34-26(30)23(25)16-29)33-27(31)18-4-8-19(28)9-5-18/h4-13,15,25H,2-3,14,30H2,1H3. The minimum Gasteiger partial charge on any atom is -0.494 e. The number of carbonyl (C=O) groups excluding carboxylic acids is 1. The molecule has 6 nitrogen and oxygen atoms in total. The number of fused-ring (bicyclic) bond motifs is 1. The molecule has 1 aliphatic rings. The Morgan fingerprint density at radius 3 is 2.47 bits per heavy atom. The van der Waals surface area contributed by atoms with E-state index in [9.17, 15) is 14.4 Å². The third kappa shape index (κ3) is 4.86. The summed E-state index contributed by atoms with van der Waals surface area (Å²) in [5, 5.41) is 9.75. The number of nitriles is 1. The summed E-state index contributed by atoms with van der Waals surface area (Å²) in [5.41, 5.74) is 8.14. The SMILES string of the molecule is CCCCOc1ccc(C2C(C#N)=C(N)Oc3cc(OC(=O)c4ccc(F)cc4)ccc32)cc1. The molecule has 1 atom stereocenters. The van der Waals surface area contributed by atoms with Crippen LogP contribution in [0.1, 0.15) is 47.2 Å². The van der Waals surface area contributed by atoms with Crippen LogP contribution in [0.5, 0.6) is 17.2 Å². The van der Waals surface area contributed by atoms with Gasteiger partial charge in [0, 0.05) is 11.6 Å². The van der Waals surface area contributed by atoms with E-state index in [1.165, 1.54) is 24.3 Å². The number of unbranched alkanes of at least 4 members (excludes halogenated alkanes) is 1. The smallest absolute Gasteiger partial charge is 0.343 e. The Kier molecular flexibility index (Phi) is 6.79. The van der Waals surface area contributed by atoms with Gasteiger partial charge >= 0.3 is 5.97 Å². The van der Waals surface area contributed by atoms with Gasteiger partial charge in [-0.25, -0.2) is 9.18 Å². The molecule has 0 amide bonds. The van der Waals surface area contributed by atoms with E-state index in [-0.39, 0.29) is 17.2 Å². The van der Waals surface area contributed by atoms with Crippen molar-refractivity contribution < 1.29 is 23.4 Å². The molecule has 1 unspecified atom stereocenters. The lowest BCUT2D eigenvalue weighted by atomic mass is 9.83. The molecule has 34 heavy (non-hydrogen) atoms. The third-order valence-corrected chi connectivity index (χ3v) is 5.46. The zero-order valence-electron chi connectivity index (χ0n) is 18.6. The summed E-state index contributed by atoms with van der Waals surface area (Å²) in [6.45, 7) is 2.75. The van der Waals surface area contributed by atoms with Crippen LogP contribution in [0.3, 0.4) is 0 Å². The molecule has 0 saturated heterocycles. The van der Waals surface area contributed by atoms with Gasteiger partial charge in [0.15, 0.2) is 0 Å². The maximum atomic E-state index is 13.1. The first kappa shape index (κ1) is 22.9. The highest BCUT2D eigenvalue weighted by Crippen LogP contribution is 2.43. The molecule has 0 bridgehead atoms. The Morgan fingerprint density at radius 2 is 1.79 bits per heavy atom. The Bertz CT molecular complexity index is 1260. The number of nitrogens with two attached hydrogens (primary N) is 1. The van der Waals surface area contributed by atoms with Gasteiger partial charge < -0.3 is 19.9 Å². The van der Waals surface area contributed by atoms with Crippen molar-refractivity contribution in [1.29, 1.82) is 5.26 Å². The van der Waals surface area contributed by atoms with Crippen molar-refractivity contribution >= 4 is 5.97 Å². The van der Waals surface area contributed by atoms with Crippen LogP contribution in [0, 0.1) is 17.1 Å². The minimum absolute atomic E-state index is 0.00900. The molecule has 4 rings (SSSR count). The Hall–Kier alpha value is -4.31. The van der Waals surface area contributed by atoms with Crippen molar-refractivity contribution in [3.63, 3.8) is 0 Å². The largest absolute Gasteiger partial charge is 0.494 e. The van der Waals surface area contributed by atoms with E-state index in [1.807, 2.05) is 24.3 Å². The molecule has 0 radical (unpaired) electrons. The highest BCUT2D eigenvalue weighted by atomic mass is 19.1. The predicted octanol–water partition coefficient (Wildman–Crippen LogP) is 5.44. The van der Waals surface area contributed by atoms with Gasteiger partial charge in [0.2, 0.25) is 5.88 Å². The van der Waals surface area contributed by atoms with Crippen LogP contribution in [0.15, 0.2) is 78.2 Å². The maximum absolute atomic E-state index is 13.1. The fourth-order valence-corrected chi connectivity index (χ4v) is 3.68. The molecule has 7 heteroatoms. The monoisotopic (exact) mass is 458 g/mol. The summed E-state index contributed by atoms with van der Waals surface area (Å²) in [4.78, 5) is 12.4. The second kappa shape index (κ2) is 10.1. The molecular formula is C27H23FN2O4. The van der Waals surface area contributed by atoms with Crippen molar-refractivity contribution in [3.05, 3.63) is 101 Å². The molecule has 1 heterocycles. The van der Waals surface area contributed by atoms with Crippen LogP contribution in [0.4, 0.5) is 4.39 Å². The topological polar surface area (TPSA) is 94.6 Å². The van der Waals surface area contributed by atoms with E-state index >= 15 is 0 Å². The fourth-order valence-electron chi connectivity index (χ4n) is 3.68. The maximum Gasteiger partial charge on any atom is 0.343 e. The molecule has 1 aliphatic heterocycles. The van der Waals surface area contributed by atoms with Gasteiger partial charge in [0.1, 0.15) is 34.7 Å². The summed E-state index contributed by atoms with van der Waals surface area (Å²) < 4.78 is 30.0. The van der Waals surface area contributed by atoms with E-state index in [0.29, 0.717) is 23.5 Å². The van der Waals surface area contributed by atoms with Crippen molar-refractivity contribution in [1.82, 2.24) is 0 Å². The summed E-state index contributed by atoms with van der Waals surface area (Å²) >= 11 is 0. The lowest BCUT2D eigenvalue weighted by Gasteiger charge is -2.26. The van der Waals surface area contributed by atoms with Gasteiger partial charge in [0.05, 0.1) is 18.1 Å². The molecule has 0 spiro atoms.